The van der Waals surface area contributed by atoms with Gasteiger partial charge in [-0.15, -0.1) is 0 Å². The van der Waals surface area contributed by atoms with E-state index in [4.69, 9.17) is 14.9 Å². The van der Waals surface area contributed by atoms with Crippen molar-refractivity contribution in [3.8, 4) is 5.75 Å². The topological polar surface area (TPSA) is 108 Å². The summed E-state index contributed by atoms with van der Waals surface area (Å²) in [5.74, 6) is -0.615. The average molecular weight is 282 g/mol. The summed E-state index contributed by atoms with van der Waals surface area (Å²) in [6, 6.07) is 4.75. The van der Waals surface area contributed by atoms with E-state index in [1.807, 2.05) is 6.92 Å². The van der Waals surface area contributed by atoms with Gasteiger partial charge in [0, 0.05) is 18.7 Å². The van der Waals surface area contributed by atoms with Crippen LogP contribution in [0.5, 0.6) is 5.75 Å². The lowest BCUT2D eigenvalue weighted by Crippen LogP contribution is -2.33. The van der Waals surface area contributed by atoms with Gasteiger partial charge in [-0.2, -0.15) is 0 Å². The van der Waals surface area contributed by atoms with Crippen molar-refractivity contribution in [3.63, 3.8) is 0 Å². The van der Waals surface area contributed by atoms with Crippen LogP contribution in [0.4, 0.5) is 10.5 Å². The smallest absolute Gasteiger partial charge is 0.332 e. The standard InChI is InChI=1S/C13H18N2O5/c1-8-7-9(20-2)3-4-10(8)15-13(19)14-6-5-11(16)12(17)18/h3-4,7,11,16H,5-6H2,1-2H3,(H,17,18)(H2,14,15,19). The highest BCUT2D eigenvalue weighted by Gasteiger charge is 2.13. The molecule has 0 aliphatic rings. The quantitative estimate of drug-likeness (QED) is 0.621. The Morgan fingerprint density at radius 2 is 2.10 bits per heavy atom. The molecule has 4 N–H and O–H groups in total. The number of methoxy groups -OCH3 is 1. The number of carbonyl (C=O) groups excluding carboxylic acids is 1. The Morgan fingerprint density at radius 1 is 1.40 bits per heavy atom. The maximum absolute atomic E-state index is 11.6. The van der Waals surface area contributed by atoms with E-state index in [-0.39, 0.29) is 13.0 Å². The van der Waals surface area contributed by atoms with Crippen LogP contribution in [0.25, 0.3) is 0 Å². The number of urea groups is 1. The number of aliphatic hydroxyl groups is 1. The fourth-order valence-electron chi connectivity index (χ4n) is 1.52. The molecule has 0 aromatic heterocycles. The molecule has 0 aliphatic heterocycles. The fourth-order valence-corrected chi connectivity index (χ4v) is 1.52. The normalized spacial score (nSPS) is 11.6. The third-order valence-corrected chi connectivity index (χ3v) is 2.67. The first-order chi connectivity index (χ1) is 9.43. The molecule has 0 fully saturated rings. The lowest BCUT2D eigenvalue weighted by atomic mass is 10.2. The minimum absolute atomic E-state index is 0.0512. The van der Waals surface area contributed by atoms with Crippen molar-refractivity contribution in [3.05, 3.63) is 23.8 Å². The molecule has 1 atom stereocenters. The number of rotatable bonds is 6. The Morgan fingerprint density at radius 3 is 2.65 bits per heavy atom. The molecule has 7 heteroatoms. The molecule has 1 aromatic carbocycles. The number of anilines is 1. The van der Waals surface area contributed by atoms with Gasteiger partial charge in [-0.05, 0) is 30.7 Å². The van der Waals surface area contributed by atoms with Crippen LogP contribution >= 0.6 is 0 Å². The van der Waals surface area contributed by atoms with Crippen LogP contribution in [0, 0.1) is 6.92 Å². The van der Waals surface area contributed by atoms with Crippen LogP contribution in [0.3, 0.4) is 0 Å². The van der Waals surface area contributed by atoms with Gasteiger partial charge in [0.2, 0.25) is 0 Å². The highest BCUT2D eigenvalue weighted by molar-refractivity contribution is 5.90. The number of ether oxygens (including phenoxy) is 1. The number of hydrogen-bond donors (Lipinski definition) is 4. The van der Waals surface area contributed by atoms with Gasteiger partial charge in [-0.1, -0.05) is 0 Å². The highest BCUT2D eigenvalue weighted by Crippen LogP contribution is 2.20. The summed E-state index contributed by atoms with van der Waals surface area (Å²) < 4.78 is 5.06. The van der Waals surface area contributed by atoms with E-state index in [9.17, 15) is 9.59 Å². The maximum atomic E-state index is 11.6. The molecule has 0 saturated heterocycles. The number of aryl methyl sites for hydroxylation is 1. The highest BCUT2D eigenvalue weighted by atomic mass is 16.5. The largest absolute Gasteiger partial charge is 0.497 e. The lowest BCUT2D eigenvalue weighted by molar-refractivity contribution is -0.146. The van der Waals surface area contributed by atoms with E-state index in [1.54, 1.807) is 25.3 Å². The van der Waals surface area contributed by atoms with Crippen molar-refractivity contribution >= 4 is 17.7 Å². The number of hydrogen-bond acceptors (Lipinski definition) is 4. The zero-order chi connectivity index (χ0) is 15.1. The van der Waals surface area contributed by atoms with Gasteiger partial charge in [0.15, 0.2) is 6.10 Å². The number of nitrogens with one attached hydrogen (secondary N) is 2. The minimum Gasteiger partial charge on any atom is -0.497 e. The van der Waals surface area contributed by atoms with E-state index in [0.29, 0.717) is 11.4 Å². The predicted octanol–water partition coefficient (Wildman–Crippen LogP) is 0.961. The van der Waals surface area contributed by atoms with Gasteiger partial charge in [-0.3, -0.25) is 0 Å². The molecular formula is C13H18N2O5. The number of amides is 2. The molecule has 1 unspecified atom stereocenters. The molecule has 0 bridgehead atoms. The SMILES string of the molecule is COc1ccc(NC(=O)NCCC(O)C(=O)O)c(C)c1. The van der Waals surface area contributed by atoms with Crippen molar-refractivity contribution in [1.82, 2.24) is 5.32 Å². The van der Waals surface area contributed by atoms with Gasteiger partial charge in [0.1, 0.15) is 5.75 Å². The van der Waals surface area contributed by atoms with Crippen LogP contribution in [-0.4, -0.2) is 42.0 Å². The number of carboxylic acids is 1. The van der Waals surface area contributed by atoms with E-state index >= 15 is 0 Å². The molecule has 1 rings (SSSR count). The summed E-state index contributed by atoms with van der Waals surface area (Å²) in [6.07, 6.45) is -1.53. The number of benzene rings is 1. The first kappa shape index (κ1) is 15.8. The third kappa shape index (κ3) is 4.77. The van der Waals surface area contributed by atoms with E-state index in [1.165, 1.54) is 0 Å². The molecule has 0 aliphatic carbocycles. The summed E-state index contributed by atoms with van der Waals surface area (Å²) in [6.45, 7) is 1.89. The van der Waals surface area contributed by atoms with Gasteiger partial charge >= 0.3 is 12.0 Å². The Labute approximate surface area is 116 Å². The number of aliphatic carboxylic acids is 1. The summed E-state index contributed by atoms with van der Waals surface area (Å²) in [5.41, 5.74) is 1.46. The Bertz CT molecular complexity index is 490. The predicted molar refractivity (Wildman–Crippen MR) is 73.0 cm³/mol. The summed E-state index contributed by atoms with van der Waals surface area (Å²) in [5, 5.41) is 22.6. The second kappa shape index (κ2) is 7.34. The molecule has 7 nitrogen and oxygen atoms in total. The Hall–Kier alpha value is -2.28. The molecule has 0 radical (unpaired) electrons. The molecule has 0 saturated carbocycles. The summed E-state index contributed by atoms with van der Waals surface area (Å²) >= 11 is 0. The Balaban J connectivity index is 2.44. The number of carboxylic acid groups (broad SMARTS) is 1. The molecule has 110 valence electrons. The van der Waals surface area contributed by atoms with Crippen LogP contribution < -0.4 is 15.4 Å². The molecule has 1 aromatic rings. The second-order valence-corrected chi connectivity index (χ2v) is 4.20. The van der Waals surface area contributed by atoms with Crippen molar-refractivity contribution in [2.45, 2.75) is 19.4 Å². The third-order valence-electron chi connectivity index (χ3n) is 2.67. The average Bonchev–Trinajstić information content (AvgIpc) is 2.40. The van der Waals surface area contributed by atoms with E-state index in [0.717, 1.165) is 5.56 Å². The van der Waals surface area contributed by atoms with Gasteiger partial charge in [-0.25, -0.2) is 9.59 Å². The van der Waals surface area contributed by atoms with Crippen molar-refractivity contribution in [2.24, 2.45) is 0 Å². The van der Waals surface area contributed by atoms with Crippen LogP contribution in [0.2, 0.25) is 0 Å². The number of carbonyl (C=O) groups is 2. The lowest BCUT2D eigenvalue weighted by Gasteiger charge is -2.11. The van der Waals surface area contributed by atoms with Crippen molar-refractivity contribution in [1.29, 1.82) is 0 Å². The van der Waals surface area contributed by atoms with E-state index < -0.39 is 18.1 Å². The molecule has 2 amide bonds. The number of aliphatic hydroxyl groups excluding tert-OH is 1. The molecule has 20 heavy (non-hydrogen) atoms. The molecule has 0 heterocycles. The fraction of sp³-hybridized carbons (Fsp3) is 0.385. The van der Waals surface area contributed by atoms with Crippen LogP contribution in [0.1, 0.15) is 12.0 Å². The zero-order valence-corrected chi connectivity index (χ0v) is 11.3. The van der Waals surface area contributed by atoms with Crippen molar-refractivity contribution in [2.75, 3.05) is 19.0 Å². The van der Waals surface area contributed by atoms with Crippen molar-refractivity contribution < 1.29 is 24.5 Å². The van der Waals surface area contributed by atoms with Gasteiger partial charge in [0.05, 0.1) is 7.11 Å². The van der Waals surface area contributed by atoms with Gasteiger partial charge in [0.25, 0.3) is 0 Å². The molecule has 0 spiro atoms. The minimum atomic E-state index is -1.47. The Kier molecular flexibility index (Phi) is 5.79. The zero-order valence-electron chi connectivity index (χ0n) is 11.3. The second-order valence-electron chi connectivity index (χ2n) is 4.20. The summed E-state index contributed by atoms with van der Waals surface area (Å²) in [4.78, 5) is 22.0. The van der Waals surface area contributed by atoms with Gasteiger partial charge < -0.3 is 25.6 Å². The summed E-state index contributed by atoms with van der Waals surface area (Å²) in [7, 11) is 1.56. The van der Waals surface area contributed by atoms with Crippen LogP contribution in [-0.2, 0) is 4.79 Å². The molecular weight excluding hydrogens is 264 g/mol. The first-order valence-electron chi connectivity index (χ1n) is 6.04. The first-order valence-corrected chi connectivity index (χ1v) is 6.04. The van der Waals surface area contributed by atoms with E-state index in [2.05, 4.69) is 10.6 Å². The van der Waals surface area contributed by atoms with Crippen LogP contribution in [0.15, 0.2) is 18.2 Å². The maximum Gasteiger partial charge on any atom is 0.332 e. The monoisotopic (exact) mass is 282 g/mol.